The molecule has 1 atom stereocenters. The van der Waals surface area contributed by atoms with Gasteiger partial charge in [0.1, 0.15) is 0 Å². The molecule has 0 radical (unpaired) electrons. The minimum atomic E-state index is 0.0910. The van der Waals surface area contributed by atoms with E-state index in [1.807, 2.05) is 13.8 Å². The molecule has 0 aromatic carbocycles. The molecule has 1 heterocycles. The molecular weight excluding hydrogens is 212 g/mol. The molecule has 1 N–H and O–H groups in total. The SMILES string of the molecule is CC(C)CC(CNC(=O)C(C)C)N1CCCC1. The van der Waals surface area contributed by atoms with E-state index < -0.39 is 0 Å². The Labute approximate surface area is 106 Å². The summed E-state index contributed by atoms with van der Waals surface area (Å²) in [5.74, 6) is 0.961. The van der Waals surface area contributed by atoms with E-state index in [4.69, 9.17) is 0 Å². The number of rotatable bonds is 6. The first-order valence-corrected chi connectivity index (χ1v) is 7.02. The Morgan fingerprint density at radius 1 is 1.18 bits per heavy atom. The van der Waals surface area contributed by atoms with E-state index in [0.717, 1.165) is 6.54 Å². The van der Waals surface area contributed by atoms with E-state index >= 15 is 0 Å². The van der Waals surface area contributed by atoms with Crippen molar-refractivity contribution in [1.29, 1.82) is 0 Å². The van der Waals surface area contributed by atoms with Crippen LogP contribution in [-0.4, -0.2) is 36.5 Å². The molecule has 3 nitrogen and oxygen atoms in total. The molecule has 1 aliphatic heterocycles. The molecule has 0 aromatic rings. The van der Waals surface area contributed by atoms with E-state index in [1.165, 1.54) is 32.4 Å². The smallest absolute Gasteiger partial charge is 0.222 e. The molecule has 0 spiro atoms. The number of nitrogens with zero attached hydrogens (tertiary/aromatic N) is 1. The van der Waals surface area contributed by atoms with Crippen LogP contribution in [0.4, 0.5) is 0 Å². The zero-order chi connectivity index (χ0) is 12.8. The van der Waals surface area contributed by atoms with Crippen molar-refractivity contribution in [2.45, 2.75) is 53.0 Å². The van der Waals surface area contributed by atoms with Crippen LogP contribution in [-0.2, 0) is 4.79 Å². The fourth-order valence-electron chi connectivity index (χ4n) is 2.43. The number of carbonyl (C=O) groups is 1. The van der Waals surface area contributed by atoms with Gasteiger partial charge in [0.15, 0.2) is 0 Å². The third-order valence-electron chi connectivity index (χ3n) is 3.44. The first-order chi connectivity index (χ1) is 8.00. The highest BCUT2D eigenvalue weighted by Gasteiger charge is 2.23. The van der Waals surface area contributed by atoms with E-state index in [2.05, 4.69) is 24.1 Å². The van der Waals surface area contributed by atoms with Crippen LogP contribution in [0.1, 0.15) is 47.0 Å². The number of amides is 1. The molecule has 1 amide bonds. The molecular formula is C14H28N2O. The first kappa shape index (κ1) is 14.5. The van der Waals surface area contributed by atoms with Crippen LogP contribution in [0.5, 0.6) is 0 Å². The standard InChI is InChI=1S/C14H28N2O/c1-11(2)9-13(16-7-5-6-8-16)10-15-14(17)12(3)4/h11-13H,5-10H2,1-4H3,(H,15,17). The number of carbonyl (C=O) groups excluding carboxylic acids is 1. The maximum atomic E-state index is 11.6. The average Bonchev–Trinajstić information content (AvgIpc) is 2.76. The number of nitrogens with one attached hydrogen (secondary N) is 1. The van der Waals surface area contributed by atoms with Gasteiger partial charge in [-0.1, -0.05) is 27.7 Å². The minimum Gasteiger partial charge on any atom is -0.354 e. The van der Waals surface area contributed by atoms with Gasteiger partial charge in [0.2, 0.25) is 5.91 Å². The summed E-state index contributed by atoms with van der Waals surface area (Å²) in [5, 5.41) is 3.08. The average molecular weight is 240 g/mol. The van der Waals surface area contributed by atoms with Gasteiger partial charge >= 0.3 is 0 Å². The van der Waals surface area contributed by atoms with E-state index in [1.54, 1.807) is 0 Å². The lowest BCUT2D eigenvalue weighted by Crippen LogP contribution is -2.44. The summed E-state index contributed by atoms with van der Waals surface area (Å²) in [5.41, 5.74) is 0. The second-order valence-corrected chi connectivity index (χ2v) is 5.93. The number of hydrogen-bond acceptors (Lipinski definition) is 2. The Morgan fingerprint density at radius 2 is 1.76 bits per heavy atom. The Hall–Kier alpha value is -0.570. The van der Waals surface area contributed by atoms with E-state index in [9.17, 15) is 4.79 Å². The molecule has 100 valence electrons. The summed E-state index contributed by atoms with van der Waals surface area (Å²) in [6, 6.07) is 0.528. The van der Waals surface area contributed by atoms with Gasteiger partial charge < -0.3 is 5.32 Å². The molecule has 0 aromatic heterocycles. The molecule has 17 heavy (non-hydrogen) atoms. The third kappa shape index (κ3) is 5.07. The van der Waals surface area contributed by atoms with Crippen molar-refractivity contribution in [3.05, 3.63) is 0 Å². The lowest BCUT2D eigenvalue weighted by Gasteiger charge is -2.29. The summed E-state index contributed by atoms with van der Waals surface area (Å²) in [7, 11) is 0. The largest absolute Gasteiger partial charge is 0.354 e. The van der Waals surface area contributed by atoms with Crippen LogP contribution >= 0.6 is 0 Å². The first-order valence-electron chi connectivity index (χ1n) is 7.02. The van der Waals surface area contributed by atoms with E-state index in [0.29, 0.717) is 12.0 Å². The van der Waals surface area contributed by atoms with Crippen LogP contribution in [0.3, 0.4) is 0 Å². The summed E-state index contributed by atoms with van der Waals surface area (Å²) >= 11 is 0. The highest BCUT2D eigenvalue weighted by molar-refractivity contribution is 5.77. The molecule has 0 bridgehead atoms. The van der Waals surface area contributed by atoms with Crippen molar-refractivity contribution >= 4 is 5.91 Å². The highest BCUT2D eigenvalue weighted by atomic mass is 16.1. The van der Waals surface area contributed by atoms with Gasteiger partial charge in [-0.15, -0.1) is 0 Å². The monoisotopic (exact) mass is 240 g/mol. The van der Waals surface area contributed by atoms with Gasteiger partial charge in [-0.05, 0) is 38.3 Å². The summed E-state index contributed by atoms with van der Waals surface area (Å²) in [6.07, 6.45) is 3.80. The normalized spacial score (nSPS) is 18.9. The van der Waals surface area contributed by atoms with Crippen LogP contribution in [0.15, 0.2) is 0 Å². The Kier molecular flexibility index (Phi) is 5.96. The van der Waals surface area contributed by atoms with Crippen LogP contribution in [0.2, 0.25) is 0 Å². The number of hydrogen-bond donors (Lipinski definition) is 1. The second-order valence-electron chi connectivity index (χ2n) is 5.93. The summed E-state index contributed by atoms with van der Waals surface area (Å²) < 4.78 is 0. The zero-order valence-corrected chi connectivity index (χ0v) is 11.8. The highest BCUT2D eigenvalue weighted by Crippen LogP contribution is 2.17. The van der Waals surface area contributed by atoms with Crippen molar-refractivity contribution in [2.24, 2.45) is 11.8 Å². The minimum absolute atomic E-state index is 0.0910. The van der Waals surface area contributed by atoms with Crippen LogP contribution < -0.4 is 5.32 Å². The van der Waals surface area contributed by atoms with Crippen molar-refractivity contribution in [1.82, 2.24) is 10.2 Å². The predicted octanol–water partition coefficient (Wildman–Crippen LogP) is 2.27. The Morgan fingerprint density at radius 3 is 2.24 bits per heavy atom. The number of likely N-dealkylation sites (tertiary alicyclic amines) is 1. The molecule has 1 saturated heterocycles. The van der Waals surface area contributed by atoms with Crippen LogP contribution in [0, 0.1) is 11.8 Å². The van der Waals surface area contributed by atoms with Gasteiger partial charge in [0.05, 0.1) is 0 Å². The maximum Gasteiger partial charge on any atom is 0.222 e. The fourth-order valence-corrected chi connectivity index (χ4v) is 2.43. The lowest BCUT2D eigenvalue weighted by molar-refractivity contribution is -0.124. The van der Waals surface area contributed by atoms with Crippen LogP contribution in [0.25, 0.3) is 0 Å². The lowest BCUT2D eigenvalue weighted by atomic mass is 10.0. The predicted molar refractivity (Wildman–Crippen MR) is 71.9 cm³/mol. The quantitative estimate of drug-likeness (QED) is 0.772. The van der Waals surface area contributed by atoms with Gasteiger partial charge in [-0.2, -0.15) is 0 Å². The van der Waals surface area contributed by atoms with Gasteiger partial charge in [0, 0.05) is 18.5 Å². The summed E-state index contributed by atoms with van der Waals surface area (Å²) in [6.45, 7) is 11.6. The van der Waals surface area contributed by atoms with Crippen molar-refractivity contribution in [3.63, 3.8) is 0 Å². The molecule has 0 saturated carbocycles. The molecule has 1 unspecified atom stereocenters. The van der Waals surface area contributed by atoms with Gasteiger partial charge in [-0.3, -0.25) is 9.69 Å². The van der Waals surface area contributed by atoms with Crippen molar-refractivity contribution < 1.29 is 4.79 Å². The Balaban J connectivity index is 2.42. The second kappa shape index (κ2) is 7.00. The zero-order valence-electron chi connectivity index (χ0n) is 11.8. The molecule has 3 heteroatoms. The molecule has 1 aliphatic rings. The topological polar surface area (TPSA) is 32.3 Å². The Bertz CT molecular complexity index is 232. The maximum absolute atomic E-state index is 11.6. The third-order valence-corrected chi connectivity index (χ3v) is 3.44. The van der Waals surface area contributed by atoms with E-state index in [-0.39, 0.29) is 11.8 Å². The fraction of sp³-hybridized carbons (Fsp3) is 0.929. The van der Waals surface area contributed by atoms with Crippen molar-refractivity contribution in [2.75, 3.05) is 19.6 Å². The van der Waals surface area contributed by atoms with Crippen molar-refractivity contribution in [3.8, 4) is 0 Å². The van der Waals surface area contributed by atoms with Gasteiger partial charge in [0.25, 0.3) is 0 Å². The van der Waals surface area contributed by atoms with Gasteiger partial charge in [-0.25, -0.2) is 0 Å². The molecule has 0 aliphatic carbocycles. The molecule has 1 fully saturated rings. The molecule has 1 rings (SSSR count). The summed E-state index contributed by atoms with van der Waals surface area (Å²) in [4.78, 5) is 14.2.